The van der Waals surface area contributed by atoms with E-state index in [1.54, 1.807) is 12.1 Å². The van der Waals surface area contributed by atoms with Gasteiger partial charge in [0.15, 0.2) is 0 Å². The smallest absolute Gasteiger partial charge is 0.269 e. The summed E-state index contributed by atoms with van der Waals surface area (Å²) in [6.07, 6.45) is 1.46. The molecule has 152 valence electrons. The van der Waals surface area contributed by atoms with E-state index in [-0.39, 0.29) is 18.1 Å². The number of benzene rings is 2. The van der Waals surface area contributed by atoms with Gasteiger partial charge in [-0.2, -0.15) is 5.10 Å². The van der Waals surface area contributed by atoms with Crippen LogP contribution in [0, 0.1) is 10.1 Å². The summed E-state index contributed by atoms with van der Waals surface area (Å²) in [6, 6.07) is 13.8. The summed E-state index contributed by atoms with van der Waals surface area (Å²) >= 11 is 5.92. The van der Waals surface area contributed by atoms with Crippen LogP contribution in [-0.4, -0.2) is 59.6 Å². The Bertz CT molecular complexity index is 863. The second kappa shape index (κ2) is 10.1. The minimum absolute atomic E-state index is 0.0152. The summed E-state index contributed by atoms with van der Waals surface area (Å²) in [4.78, 5) is 26.7. The number of hydrogen-bond donors (Lipinski definition) is 1. The number of nitro groups is 1. The largest absolute Gasteiger partial charge is 0.297 e. The number of halogens is 1. The molecule has 0 unspecified atom stereocenters. The Kier molecular flexibility index (Phi) is 7.29. The number of piperazine rings is 1. The quantitative estimate of drug-likeness (QED) is 0.426. The molecule has 0 aliphatic carbocycles. The number of nitrogens with zero attached hydrogens (tertiary/aromatic N) is 4. The van der Waals surface area contributed by atoms with Crippen LogP contribution in [0.25, 0.3) is 0 Å². The van der Waals surface area contributed by atoms with E-state index in [1.807, 2.05) is 24.3 Å². The van der Waals surface area contributed by atoms with Crippen molar-refractivity contribution in [3.63, 3.8) is 0 Å². The molecule has 1 amide bonds. The Hall–Kier alpha value is -2.81. The van der Waals surface area contributed by atoms with Crippen molar-refractivity contribution < 1.29 is 9.72 Å². The molecular weight excluding hydrogens is 394 g/mol. The lowest BCUT2D eigenvalue weighted by Crippen LogP contribution is -2.48. The molecule has 1 N–H and O–H groups in total. The second-order valence-electron chi connectivity index (χ2n) is 6.82. The molecule has 2 aromatic carbocycles. The van der Waals surface area contributed by atoms with Crippen LogP contribution >= 0.6 is 11.6 Å². The summed E-state index contributed by atoms with van der Waals surface area (Å²) in [5, 5.41) is 15.3. The van der Waals surface area contributed by atoms with Crippen molar-refractivity contribution in [3.8, 4) is 0 Å². The zero-order chi connectivity index (χ0) is 20.6. The SMILES string of the molecule is O=C(CN1CCN(Cc2ccc(Cl)cc2)CC1)NN=Cc1ccc([N+](=O)[O-])cc1. The van der Waals surface area contributed by atoms with Gasteiger partial charge in [0, 0.05) is 49.9 Å². The van der Waals surface area contributed by atoms with Crippen LogP contribution in [0.15, 0.2) is 53.6 Å². The molecule has 1 saturated heterocycles. The first-order valence-electron chi connectivity index (χ1n) is 9.25. The maximum atomic E-state index is 12.1. The standard InChI is InChI=1S/C20H22ClN5O3/c21-18-5-1-17(2-6-18)14-24-9-11-25(12-10-24)15-20(27)23-22-13-16-3-7-19(8-4-16)26(28)29/h1-8,13H,9-12,14-15H2,(H,23,27). The van der Waals surface area contributed by atoms with Gasteiger partial charge in [-0.05, 0) is 35.4 Å². The lowest BCUT2D eigenvalue weighted by Gasteiger charge is -2.34. The predicted octanol–water partition coefficient (Wildman–Crippen LogP) is 2.52. The zero-order valence-electron chi connectivity index (χ0n) is 15.8. The van der Waals surface area contributed by atoms with Crippen molar-refractivity contribution in [3.05, 3.63) is 74.8 Å². The van der Waals surface area contributed by atoms with Crippen LogP contribution in [-0.2, 0) is 11.3 Å². The number of carbonyl (C=O) groups is 1. The van der Waals surface area contributed by atoms with Gasteiger partial charge in [-0.25, -0.2) is 5.43 Å². The van der Waals surface area contributed by atoms with Crippen molar-refractivity contribution in [1.82, 2.24) is 15.2 Å². The third kappa shape index (κ3) is 6.63. The fourth-order valence-corrected chi connectivity index (χ4v) is 3.18. The number of non-ortho nitro benzene ring substituents is 1. The molecule has 1 fully saturated rings. The van der Waals surface area contributed by atoms with Gasteiger partial charge in [0.05, 0.1) is 17.7 Å². The Morgan fingerprint density at radius 3 is 2.31 bits per heavy atom. The third-order valence-electron chi connectivity index (χ3n) is 4.66. The van der Waals surface area contributed by atoms with Crippen molar-refractivity contribution in [2.24, 2.45) is 5.10 Å². The fraction of sp³-hybridized carbons (Fsp3) is 0.300. The topological polar surface area (TPSA) is 91.1 Å². The number of nitrogens with one attached hydrogen (secondary N) is 1. The van der Waals surface area contributed by atoms with Crippen LogP contribution in [0.1, 0.15) is 11.1 Å². The lowest BCUT2D eigenvalue weighted by atomic mass is 10.2. The Morgan fingerprint density at radius 1 is 1.07 bits per heavy atom. The highest BCUT2D eigenvalue weighted by Gasteiger charge is 2.18. The van der Waals surface area contributed by atoms with E-state index in [9.17, 15) is 14.9 Å². The molecule has 9 heteroatoms. The average molecular weight is 416 g/mol. The molecule has 0 radical (unpaired) electrons. The van der Waals surface area contributed by atoms with E-state index in [4.69, 9.17) is 11.6 Å². The highest BCUT2D eigenvalue weighted by atomic mass is 35.5. The van der Waals surface area contributed by atoms with Crippen molar-refractivity contribution in [1.29, 1.82) is 0 Å². The van der Waals surface area contributed by atoms with Gasteiger partial charge in [-0.15, -0.1) is 0 Å². The highest BCUT2D eigenvalue weighted by Crippen LogP contribution is 2.13. The first kappa shape index (κ1) is 20.9. The minimum atomic E-state index is -0.460. The molecule has 2 aromatic rings. The normalized spacial score (nSPS) is 15.5. The molecule has 0 atom stereocenters. The predicted molar refractivity (Wildman–Crippen MR) is 112 cm³/mol. The first-order chi connectivity index (χ1) is 14.0. The lowest BCUT2D eigenvalue weighted by molar-refractivity contribution is -0.384. The van der Waals surface area contributed by atoms with E-state index in [1.165, 1.54) is 23.9 Å². The molecule has 0 bridgehead atoms. The molecular formula is C20H22ClN5O3. The van der Waals surface area contributed by atoms with Gasteiger partial charge in [0.25, 0.3) is 11.6 Å². The highest BCUT2D eigenvalue weighted by molar-refractivity contribution is 6.30. The summed E-state index contributed by atoms with van der Waals surface area (Å²) in [5.74, 6) is -0.186. The molecule has 3 rings (SSSR count). The Labute approximate surface area is 173 Å². The van der Waals surface area contributed by atoms with Crippen LogP contribution in [0.3, 0.4) is 0 Å². The third-order valence-corrected chi connectivity index (χ3v) is 4.91. The van der Waals surface area contributed by atoms with Gasteiger partial charge < -0.3 is 0 Å². The van der Waals surface area contributed by atoms with Crippen molar-refractivity contribution in [2.45, 2.75) is 6.54 Å². The van der Waals surface area contributed by atoms with Crippen molar-refractivity contribution >= 4 is 29.4 Å². The summed E-state index contributed by atoms with van der Waals surface area (Å²) in [5.41, 5.74) is 4.41. The number of hydrogen-bond acceptors (Lipinski definition) is 6. The van der Waals surface area contributed by atoms with Crippen molar-refractivity contribution in [2.75, 3.05) is 32.7 Å². The average Bonchev–Trinajstić information content (AvgIpc) is 2.71. The van der Waals surface area contributed by atoms with Crippen LogP contribution in [0.5, 0.6) is 0 Å². The van der Waals surface area contributed by atoms with Gasteiger partial charge in [-0.1, -0.05) is 23.7 Å². The molecule has 0 saturated carbocycles. The van der Waals surface area contributed by atoms with E-state index >= 15 is 0 Å². The second-order valence-corrected chi connectivity index (χ2v) is 7.26. The zero-order valence-corrected chi connectivity index (χ0v) is 16.6. The number of nitro benzene ring substituents is 1. The van der Waals surface area contributed by atoms with Gasteiger partial charge in [0.2, 0.25) is 0 Å². The summed E-state index contributed by atoms with van der Waals surface area (Å²) in [7, 11) is 0. The van der Waals surface area contributed by atoms with Gasteiger partial charge in [-0.3, -0.25) is 24.7 Å². The molecule has 0 spiro atoms. The fourth-order valence-electron chi connectivity index (χ4n) is 3.05. The maximum Gasteiger partial charge on any atom is 0.269 e. The molecule has 1 aliphatic heterocycles. The first-order valence-corrected chi connectivity index (χ1v) is 9.63. The van der Waals surface area contributed by atoms with Gasteiger partial charge >= 0.3 is 0 Å². The molecule has 1 aliphatic rings. The number of hydrazone groups is 1. The van der Waals surface area contributed by atoms with Gasteiger partial charge in [0.1, 0.15) is 0 Å². The maximum absolute atomic E-state index is 12.1. The monoisotopic (exact) mass is 415 g/mol. The molecule has 1 heterocycles. The van der Waals surface area contributed by atoms with E-state index < -0.39 is 4.92 Å². The van der Waals surface area contributed by atoms with Crippen LogP contribution < -0.4 is 5.43 Å². The molecule has 0 aromatic heterocycles. The van der Waals surface area contributed by atoms with E-state index in [0.717, 1.165) is 37.7 Å². The number of carbonyl (C=O) groups excluding carboxylic acids is 1. The minimum Gasteiger partial charge on any atom is -0.297 e. The van der Waals surface area contributed by atoms with E-state index in [0.29, 0.717) is 5.56 Å². The van der Waals surface area contributed by atoms with E-state index in [2.05, 4.69) is 20.3 Å². The Balaban J connectivity index is 1.38. The van der Waals surface area contributed by atoms with Crippen LogP contribution in [0.2, 0.25) is 5.02 Å². The molecule has 29 heavy (non-hydrogen) atoms. The summed E-state index contributed by atoms with van der Waals surface area (Å²) < 4.78 is 0. The molecule has 8 nitrogen and oxygen atoms in total. The summed E-state index contributed by atoms with van der Waals surface area (Å²) in [6.45, 7) is 4.56. The number of amides is 1. The Morgan fingerprint density at radius 2 is 1.69 bits per heavy atom. The van der Waals surface area contributed by atoms with Crippen LogP contribution in [0.4, 0.5) is 5.69 Å². The number of rotatable bonds is 7.